The maximum Gasteiger partial charge on any atom is 0.273 e. The number of amides is 1. The second-order valence-electron chi connectivity index (χ2n) is 6.97. The second-order valence-corrected chi connectivity index (χ2v) is 6.97. The van der Waals surface area contributed by atoms with Gasteiger partial charge in [-0.15, -0.1) is 5.10 Å². The molecule has 7 heteroatoms. The highest BCUT2D eigenvalue weighted by Crippen LogP contribution is 2.55. The van der Waals surface area contributed by atoms with Crippen LogP contribution in [0.25, 0.3) is 5.69 Å². The first kappa shape index (κ1) is 15.2. The van der Waals surface area contributed by atoms with Gasteiger partial charge >= 0.3 is 0 Å². The lowest BCUT2D eigenvalue weighted by atomic mass is 9.54. The van der Waals surface area contributed by atoms with Crippen molar-refractivity contribution in [2.75, 3.05) is 0 Å². The quantitative estimate of drug-likeness (QED) is 0.940. The van der Waals surface area contributed by atoms with E-state index in [-0.39, 0.29) is 17.6 Å². The van der Waals surface area contributed by atoms with E-state index in [2.05, 4.69) is 15.6 Å². The number of carbonyl (C=O) groups is 1. The van der Waals surface area contributed by atoms with Gasteiger partial charge in [0.15, 0.2) is 17.3 Å². The lowest BCUT2D eigenvalue weighted by Gasteiger charge is -2.54. The van der Waals surface area contributed by atoms with Crippen molar-refractivity contribution in [2.45, 2.75) is 45.1 Å². The van der Waals surface area contributed by atoms with Crippen LogP contribution in [0.5, 0.6) is 0 Å². The van der Waals surface area contributed by atoms with Gasteiger partial charge in [0.05, 0.1) is 11.4 Å². The molecule has 2 fully saturated rings. The number of hydrogen-bond acceptors (Lipinski definition) is 3. The summed E-state index contributed by atoms with van der Waals surface area (Å²) < 4.78 is 27.8. The summed E-state index contributed by atoms with van der Waals surface area (Å²) in [4.78, 5) is 12.4. The van der Waals surface area contributed by atoms with E-state index in [1.54, 1.807) is 6.92 Å². The number of nitrogens with zero attached hydrogens (tertiary/aromatic N) is 3. The summed E-state index contributed by atoms with van der Waals surface area (Å²) >= 11 is 0. The molecule has 1 heterocycles. The SMILES string of the molecule is Cc1c(C(=O)NC2CC3(CCC3)C2)nnn1-c1ccc(F)c(F)c1. The minimum atomic E-state index is -0.964. The predicted molar refractivity (Wildman–Crippen MR) is 82.8 cm³/mol. The van der Waals surface area contributed by atoms with Crippen LogP contribution in [0.15, 0.2) is 18.2 Å². The van der Waals surface area contributed by atoms with Gasteiger partial charge in [-0.05, 0) is 50.2 Å². The molecular formula is C17H18F2N4O. The van der Waals surface area contributed by atoms with Crippen molar-refractivity contribution in [2.24, 2.45) is 5.41 Å². The topological polar surface area (TPSA) is 59.8 Å². The molecule has 0 saturated heterocycles. The van der Waals surface area contributed by atoms with Crippen LogP contribution in [0.1, 0.15) is 48.3 Å². The standard InChI is InChI=1S/C17H18F2N4O/c1-10-15(16(24)20-11-8-17(9-11)5-2-6-17)21-22-23(10)12-3-4-13(18)14(19)7-12/h3-4,7,11H,2,5-6,8-9H2,1H3,(H,20,24). The fraction of sp³-hybridized carbons (Fsp3) is 0.471. The summed E-state index contributed by atoms with van der Waals surface area (Å²) in [6.45, 7) is 1.68. The molecule has 1 aromatic heterocycles. The van der Waals surface area contributed by atoms with Crippen molar-refractivity contribution < 1.29 is 13.6 Å². The fourth-order valence-corrected chi connectivity index (χ4v) is 3.83. The molecule has 0 unspecified atom stereocenters. The zero-order valence-corrected chi connectivity index (χ0v) is 13.4. The van der Waals surface area contributed by atoms with Gasteiger partial charge in [-0.3, -0.25) is 4.79 Å². The Kier molecular flexibility index (Phi) is 3.40. The number of nitrogens with one attached hydrogen (secondary N) is 1. The first-order valence-corrected chi connectivity index (χ1v) is 8.16. The zero-order valence-electron chi connectivity index (χ0n) is 13.4. The average molecular weight is 332 g/mol. The van der Waals surface area contributed by atoms with Gasteiger partial charge in [-0.25, -0.2) is 13.5 Å². The highest BCUT2D eigenvalue weighted by Gasteiger charge is 2.48. The molecule has 0 atom stereocenters. The van der Waals surface area contributed by atoms with Crippen molar-refractivity contribution in [3.8, 4) is 5.69 Å². The molecule has 2 aromatic rings. The van der Waals surface area contributed by atoms with E-state index >= 15 is 0 Å². The molecule has 1 N–H and O–H groups in total. The Morgan fingerprint density at radius 1 is 1.29 bits per heavy atom. The second kappa shape index (κ2) is 5.36. The third-order valence-electron chi connectivity index (χ3n) is 5.37. The smallest absolute Gasteiger partial charge is 0.273 e. The van der Waals surface area contributed by atoms with Crippen molar-refractivity contribution >= 4 is 5.91 Å². The number of rotatable bonds is 3. The highest BCUT2D eigenvalue weighted by atomic mass is 19.2. The largest absolute Gasteiger partial charge is 0.348 e. The number of hydrogen-bond donors (Lipinski definition) is 1. The van der Waals surface area contributed by atoms with E-state index < -0.39 is 11.6 Å². The average Bonchev–Trinajstić information content (AvgIpc) is 2.85. The van der Waals surface area contributed by atoms with E-state index in [1.807, 2.05) is 0 Å². The van der Waals surface area contributed by atoms with E-state index in [4.69, 9.17) is 0 Å². The Morgan fingerprint density at radius 2 is 2.04 bits per heavy atom. The summed E-state index contributed by atoms with van der Waals surface area (Å²) in [5.74, 6) is -2.15. The van der Waals surface area contributed by atoms with E-state index in [1.165, 1.54) is 30.0 Å². The Morgan fingerprint density at radius 3 is 2.67 bits per heavy atom. The minimum absolute atomic E-state index is 0.200. The van der Waals surface area contributed by atoms with Gasteiger partial charge in [-0.2, -0.15) is 0 Å². The highest BCUT2D eigenvalue weighted by molar-refractivity contribution is 5.93. The monoisotopic (exact) mass is 332 g/mol. The van der Waals surface area contributed by atoms with Gasteiger partial charge in [-0.1, -0.05) is 11.6 Å². The molecule has 0 radical (unpaired) electrons. The third-order valence-corrected chi connectivity index (χ3v) is 5.37. The molecule has 2 aliphatic rings. The van der Waals surface area contributed by atoms with Crippen LogP contribution in [0.2, 0.25) is 0 Å². The molecule has 126 valence electrons. The summed E-state index contributed by atoms with van der Waals surface area (Å²) in [6.07, 6.45) is 5.90. The van der Waals surface area contributed by atoms with Gasteiger partial charge in [0.1, 0.15) is 0 Å². The molecule has 2 saturated carbocycles. The summed E-state index contributed by atoms with van der Waals surface area (Å²) in [5, 5.41) is 10.8. The maximum atomic E-state index is 13.4. The number of benzene rings is 1. The molecule has 24 heavy (non-hydrogen) atoms. The van der Waals surface area contributed by atoms with Gasteiger partial charge < -0.3 is 5.32 Å². The molecule has 5 nitrogen and oxygen atoms in total. The maximum absolute atomic E-state index is 13.4. The molecule has 0 aliphatic heterocycles. The van der Waals surface area contributed by atoms with Crippen LogP contribution in [0, 0.1) is 24.0 Å². The van der Waals surface area contributed by atoms with Gasteiger partial charge in [0.25, 0.3) is 5.91 Å². The van der Waals surface area contributed by atoms with E-state index in [0.29, 0.717) is 16.8 Å². The third kappa shape index (κ3) is 2.39. The van der Waals surface area contributed by atoms with Crippen LogP contribution in [-0.2, 0) is 0 Å². The number of aromatic nitrogens is 3. The molecule has 2 aliphatic carbocycles. The first-order valence-electron chi connectivity index (χ1n) is 8.16. The van der Waals surface area contributed by atoms with Crippen molar-refractivity contribution in [3.05, 3.63) is 41.2 Å². The molecule has 1 spiro atoms. The Hall–Kier alpha value is -2.31. The summed E-state index contributed by atoms with van der Waals surface area (Å²) in [7, 11) is 0. The lowest BCUT2D eigenvalue weighted by molar-refractivity contribution is -0.000709. The summed E-state index contributed by atoms with van der Waals surface area (Å²) in [6, 6.07) is 3.65. The number of carbonyl (C=O) groups excluding carboxylic acids is 1. The Labute approximate surface area is 138 Å². The number of halogens is 2. The summed E-state index contributed by atoms with van der Waals surface area (Å²) in [5.41, 5.74) is 1.52. The minimum Gasteiger partial charge on any atom is -0.348 e. The first-order chi connectivity index (χ1) is 11.5. The lowest BCUT2D eigenvalue weighted by Crippen LogP contribution is -2.53. The zero-order chi connectivity index (χ0) is 16.9. The molecule has 1 aromatic carbocycles. The van der Waals surface area contributed by atoms with Crippen LogP contribution in [0.3, 0.4) is 0 Å². The molecular weight excluding hydrogens is 314 g/mol. The van der Waals surface area contributed by atoms with Crippen molar-refractivity contribution in [1.82, 2.24) is 20.3 Å². The molecule has 1 amide bonds. The predicted octanol–water partition coefficient (Wildman–Crippen LogP) is 2.92. The fourth-order valence-electron chi connectivity index (χ4n) is 3.83. The van der Waals surface area contributed by atoms with Gasteiger partial charge in [0.2, 0.25) is 0 Å². The molecule has 0 bridgehead atoms. The molecule has 4 rings (SSSR count). The van der Waals surface area contributed by atoms with Gasteiger partial charge in [0, 0.05) is 12.1 Å². The van der Waals surface area contributed by atoms with Crippen molar-refractivity contribution in [3.63, 3.8) is 0 Å². The normalized spacial score (nSPS) is 19.0. The van der Waals surface area contributed by atoms with Crippen LogP contribution in [0.4, 0.5) is 8.78 Å². The van der Waals surface area contributed by atoms with Crippen LogP contribution < -0.4 is 5.32 Å². The Balaban J connectivity index is 1.49. The van der Waals surface area contributed by atoms with Crippen molar-refractivity contribution in [1.29, 1.82) is 0 Å². The van der Waals surface area contributed by atoms with E-state index in [0.717, 1.165) is 25.0 Å². The Bertz CT molecular complexity index is 805. The van der Waals surface area contributed by atoms with Crippen LogP contribution >= 0.6 is 0 Å². The van der Waals surface area contributed by atoms with Crippen LogP contribution in [-0.4, -0.2) is 26.9 Å². The van der Waals surface area contributed by atoms with E-state index in [9.17, 15) is 13.6 Å².